The van der Waals surface area contributed by atoms with Gasteiger partial charge in [-0.3, -0.25) is 14.6 Å². The van der Waals surface area contributed by atoms with Crippen LogP contribution in [0.1, 0.15) is 36.1 Å². The molecular formula is C23H30N4O5. The zero-order chi connectivity index (χ0) is 22.7. The molecule has 0 radical (unpaired) electrons. The molecule has 1 saturated heterocycles. The third kappa shape index (κ3) is 4.37. The Morgan fingerprint density at radius 1 is 1.03 bits per heavy atom. The number of aromatic amines is 1. The van der Waals surface area contributed by atoms with E-state index >= 15 is 0 Å². The van der Waals surface area contributed by atoms with Gasteiger partial charge in [-0.05, 0) is 37.0 Å². The molecule has 2 aliphatic heterocycles. The first-order chi connectivity index (χ1) is 15.5. The van der Waals surface area contributed by atoms with Gasteiger partial charge in [0.2, 0.25) is 17.6 Å². The molecule has 1 aromatic heterocycles. The summed E-state index contributed by atoms with van der Waals surface area (Å²) in [6.45, 7) is 2.63. The summed E-state index contributed by atoms with van der Waals surface area (Å²) in [5.74, 6) is 2.09. The highest BCUT2D eigenvalue weighted by Crippen LogP contribution is 2.38. The normalized spacial score (nSPS) is 15.8. The maximum absolute atomic E-state index is 13.0. The van der Waals surface area contributed by atoms with E-state index in [9.17, 15) is 9.59 Å². The first-order valence-corrected chi connectivity index (χ1v) is 11.0. The van der Waals surface area contributed by atoms with Crippen molar-refractivity contribution in [3.05, 3.63) is 39.3 Å². The Balaban J connectivity index is 1.50. The molecule has 1 aromatic carbocycles. The molecule has 2 aromatic rings. The number of fused-ring (bicyclic) bond motifs is 1. The number of hydrogen-bond donors (Lipinski definition) is 1. The number of nitrogens with zero attached hydrogens (tertiary/aromatic N) is 3. The quantitative estimate of drug-likeness (QED) is 0.730. The minimum Gasteiger partial charge on any atom is -0.493 e. The second kappa shape index (κ2) is 9.50. The standard InChI is InChI=1S/C23H30N4O5/c1-30-18-11-15(12-19(31-2)21(18)32-3)13-20(28)27-10-7-17-16(14-27)22(29)25-23(24-17)26-8-5-4-6-9-26/h11-12H,4-10,13-14H2,1-3H3,(H,24,25,29). The molecule has 1 fully saturated rings. The average molecular weight is 443 g/mol. The minimum atomic E-state index is -0.152. The van der Waals surface area contributed by atoms with Gasteiger partial charge in [0, 0.05) is 26.1 Å². The molecule has 4 rings (SSSR count). The summed E-state index contributed by atoms with van der Waals surface area (Å²) in [5, 5.41) is 0. The Kier molecular flexibility index (Phi) is 6.53. The molecule has 0 aliphatic carbocycles. The van der Waals surface area contributed by atoms with Gasteiger partial charge in [-0.2, -0.15) is 0 Å². The molecule has 0 unspecified atom stereocenters. The number of ether oxygens (including phenoxy) is 3. The van der Waals surface area contributed by atoms with E-state index in [0.29, 0.717) is 41.7 Å². The number of rotatable bonds is 6. The van der Waals surface area contributed by atoms with Crippen molar-refractivity contribution in [1.82, 2.24) is 14.9 Å². The number of aromatic nitrogens is 2. The third-order valence-corrected chi connectivity index (χ3v) is 6.14. The van der Waals surface area contributed by atoms with Crippen LogP contribution in [0, 0.1) is 0 Å². The van der Waals surface area contributed by atoms with E-state index in [1.165, 1.54) is 6.42 Å². The van der Waals surface area contributed by atoms with Crippen LogP contribution in [0.3, 0.4) is 0 Å². The summed E-state index contributed by atoms with van der Waals surface area (Å²) in [5.41, 5.74) is 1.98. The second-order valence-corrected chi connectivity index (χ2v) is 8.14. The summed E-state index contributed by atoms with van der Waals surface area (Å²) in [4.78, 5) is 37.3. The lowest BCUT2D eigenvalue weighted by Gasteiger charge is -2.31. The Morgan fingerprint density at radius 2 is 1.72 bits per heavy atom. The predicted octanol–water partition coefficient (Wildman–Crippen LogP) is 1.91. The van der Waals surface area contributed by atoms with Crippen molar-refractivity contribution in [2.24, 2.45) is 0 Å². The van der Waals surface area contributed by atoms with Crippen molar-refractivity contribution in [3.63, 3.8) is 0 Å². The predicted molar refractivity (Wildman–Crippen MR) is 120 cm³/mol. The van der Waals surface area contributed by atoms with Gasteiger partial charge < -0.3 is 24.0 Å². The molecule has 0 spiro atoms. The van der Waals surface area contributed by atoms with Gasteiger partial charge in [0.15, 0.2) is 11.5 Å². The highest BCUT2D eigenvalue weighted by atomic mass is 16.5. The fourth-order valence-electron chi connectivity index (χ4n) is 4.40. The van der Waals surface area contributed by atoms with Crippen molar-refractivity contribution < 1.29 is 19.0 Å². The number of amides is 1. The van der Waals surface area contributed by atoms with Crippen LogP contribution in [0.2, 0.25) is 0 Å². The smallest absolute Gasteiger partial charge is 0.257 e. The molecule has 3 heterocycles. The Bertz CT molecular complexity index is 1020. The number of carbonyl (C=O) groups excluding carboxylic acids is 1. The molecule has 0 saturated carbocycles. The maximum Gasteiger partial charge on any atom is 0.257 e. The highest BCUT2D eigenvalue weighted by Gasteiger charge is 2.26. The summed E-state index contributed by atoms with van der Waals surface area (Å²) in [7, 11) is 4.63. The van der Waals surface area contributed by atoms with Crippen LogP contribution in [0.25, 0.3) is 0 Å². The van der Waals surface area contributed by atoms with Gasteiger partial charge in [0.05, 0.1) is 45.6 Å². The summed E-state index contributed by atoms with van der Waals surface area (Å²) in [6, 6.07) is 3.55. The first-order valence-electron chi connectivity index (χ1n) is 11.0. The zero-order valence-electron chi connectivity index (χ0n) is 18.9. The maximum atomic E-state index is 13.0. The average Bonchev–Trinajstić information content (AvgIpc) is 2.83. The van der Waals surface area contributed by atoms with E-state index in [0.717, 1.165) is 37.2 Å². The lowest BCUT2D eigenvalue weighted by atomic mass is 10.0. The molecule has 0 atom stereocenters. The van der Waals surface area contributed by atoms with Crippen molar-refractivity contribution in [1.29, 1.82) is 0 Å². The van der Waals surface area contributed by atoms with Gasteiger partial charge >= 0.3 is 0 Å². The van der Waals surface area contributed by atoms with E-state index in [1.807, 2.05) is 0 Å². The van der Waals surface area contributed by atoms with E-state index in [2.05, 4.69) is 9.88 Å². The van der Waals surface area contributed by atoms with Crippen LogP contribution in [0.4, 0.5) is 5.95 Å². The minimum absolute atomic E-state index is 0.0653. The van der Waals surface area contributed by atoms with Crippen LogP contribution in [-0.2, 0) is 24.2 Å². The van der Waals surface area contributed by atoms with Crippen LogP contribution < -0.4 is 24.7 Å². The topological polar surface area (TPSA) is 97.0 Å². The Morgan fingerprint density at radius 3 is 2.34 bits per heavy atom. The number of anilines is 1. The van der Waals surface area contributed by atoms with E-state index in [-0.39, 0.29) is 24.4 Å². The number of methoxy groups -OCH3 is 3. The van der Waals surface area contributed by atoms with Gasteiger partial charge in [-0.25, -0.2) is 4.98 Å². The van der Waals surface area contributed by atoms with Gasteiger partial charge in [0.25, 0.3) is 5.56 Å². The van der Waals surface area contributed by atoms with E-state index < -0.39 is 0 Å². The van der Waals surface area contributed by atoms with Gasteiger partial charge in [-0.1, -0.05) is 0 Å². The molecular weight excluding hydrogens is 412 g/mol. The van der Waals surface area contributed by atoms with Crippen molar-refractivity contribution in [3.8, 4) is 17.2 Å². The van der Waals surface area contributed by atoms with E-state index in [4.69, 9.17) is 19.2 Å². The van der Waals surface area contributed by atoms with Gasteiger partial charge in [-0.15, -0.1) is 0 Å². The molecule has 172 valence electrons. The van der Waals surface area contributed by atoms with Crippen molar-refractivity contribution in [2.75, 3.05) is 45.9 Å². The Hall–Kier alpha value is -3.23. The molecule has 0 bridgehead atoms. The molecule has 9 heteroatoms. The van der Waals surface area contributed by atoms with Gasteiger partial charge in [0.1, 0.15) is 0 Å². The van der Waals surface area contributed by atoms with Crippen LogP contribution in [-0.4, -0.2) is 61.7 Å². The number of carbonyl (C=O) groups is 1. The number of benzene rings is 1. The molecule has 32 heavy (non-hydrogen) atoms. The molecule has 2 aliphatic rings. The van der Waals surface area contributed by atoms with Crippen LogP contribution >= 0.6 is 0 Å². The summed E-state index contributed by atoms with van der Waals surface area (Å²) < 4.78 is 16.1. The number of hydrogen-bond acceptors (Lipinski definition) is 7. The number of nitrogens with one attached hydrogen (secondary N) is 1. The van der Waals surface area contributed by atoms with Crippen LogP contribution in [0.5, 0.6) is 17.2 Å². The lowest BCUT2D eigenvalue weighted by Crippen LogP contribution is -2.41. The second-order valence-electron chi connectivity index (χ2n) is 8.14. The zero-order valence-corrected chi connectivity index (χ0v) is 18.9. The van der Waals surface area contributed by atoms with Crippen molar-refractivity contribution >= 4 is 11.9 Å². The molecule has 1 N–H and O–H groups in total. The Labute approximate surface area is 187 Å². The van der Waals surface area contributed by atoms with E-state index in [1.54, 1.807) is 38.4 Å². The largest absolute Gasteiger partial charge is 0.493 e. The SMILES string of the molecule is COc1cc(CC(=O)N2CCc3nc(N4CCCCC4)[nH]c(=O)c3C2)cc(OC)c1OC. The fraction of sp³-hybridized carbons (Fsp3) is 0.522. The number of piperidine rings is 1. The summed E-state index contributed by atoms with van der Waals surface area (Å²) >= 11 is 0. The number of H-pyrrole nitrogens is 1. The fourth-order valence-corrected chi connectivity index (χ4v) is 4.40. The highest BCUT2D eigenvalue weighted by molar-refractivity contribution is 5.79. The van der Waals surface area contributed by atoms with Crippen LogP contribution in [0.15, 0.2) is 16.9 Å². The molecule has 9 nitrogen and oxygen atoms in total. The van der Waals surface area contributed by atoms with Crippen molar-refractivity contribution in [2.45, 2.75) is 38.6 Å². The third-order valence-electron chi connectivity index (χ3n) is 6.14. The summed E-state index contributed by atoms with van der Waals surface area (Å²) in [6.07, 6.45) is 4.19. The molecule has 1 amide bonds. The first kappa shape index (κ1) is 22.0. The monoisotopic (exact) mass is 442 g/mol. The lowest BCUT2D eigenvalue weighted by molar-refractivity contribution is -0.131.